The SMILES string of the molecule is C=CC(=O)O.OC1CCCCCCCCC1. The van der Waals surface area contributed by atoms with Crippen LogP contribution >= 0.6 is 0 Å². The Balaban J connectivity index is 0.000000385. The number of rotatable bonds is 1. The largest absolute Gasteiger partial charge is 0.478 e. The summed E-state index contributed by atoms with van der Waals surface area (Å²) in [7, 11) is 0. The van der Waals surface area contributed by atoms with Crippen molar-refractivity contribution in [1.82, 2.24) is 0 Å². The molecule has 0 radical (unpaired) electrons. The molecule has 0 heterocycles. The topological polar surface area (TPSA) is 57.5 Å². The molecular weight excluding hydrogens is 204 g/mol. The van der Waals surface area contributed by atoms with Gasteiger partial charge in [0.1, 0.15) is 0 Å². The summed E-state index contributed by atoms with van der Waals surface area (Å²) < 4.78 is 0. The summed E-state index contributed by atoms with van der Waals surface area (Å²) in [4.78, 5) is 9.25. The van der Waals surface area contributed by atoms with Gasteiger partial charge in [0, 0.05) is 6.08 Å². The van der Waals surface area contributed by atoms with Crippen molar-refractivity contribution in [2.24, 2.45) is 0 Å². The predicted molar refractivity (Wildman–Crippen MR) is 65.4 cm³/mol. The molecule has 0 aliphatic heterocycles. The number of hydrogen-bond donors (Lipinski definition) is 2. The third-order valence-corrected chi connectivity index (χ3v) is 2.75. The maximum Gasteiger partial charge on any atom is 0.327 e. The minimum absolute atomic E-state index is 0.00750. The van der Waals surface area contributed by atoms with Crippen LogP contribution in [0.3, 0.4) is 0 Å². The number of carboxylic acids is 1. The van der Waals surface area contributed by atoms with E-state index in [0.29, 0.717) is 0 Å². The number of aliphatic hydroxyl groups is 1. The van der Waals surface area contributed by atoms with Gasteiger partial charge in [-0.3, -0.25) is 0 Å². The Kier molecular flexibility index (Phi) is 10.1. The third-order valence-electron chi connectivity index (χ3n) is 2.75. The average Bonchev–Trinajstić information content (AvgIpc) is 2.28. The standard InChI is InChI=1S/C10H20O.C3H4O2/c11-10-8-6-4-2-1-3-5-7-9-10;1-2-3(4)5/h10-11H,1-9H2;2H,1H2,(H,4,5). The van der Waals surface area contributed by atoms with Crippen molar-refractivity contribution in [2.45, 2.75) is 63.9 Å². The molecule has 0 aromatic heterocycles. The van der Waals surface area contributed by atoms with Gasteiger partial charge >= 0.3 is 5.97 Å². The van der Waals surface area contributed by atoms with E-state index in [4.69, 9.17) is 5.11 Å². The molecule has 94 valence electrons. The summed E-state index contributed by atoms with van der Waals surface area (Å²) >= 11 is 0. The molecule has 2 N–H and O–H groups in total. The summed E-state index contributed by atoms with van der Waals surface area (Å²) in [6.07, 6.45) is 12.2. The Hall–Kier alpha value is -0.830. The highest BCUT2D eigenvalue weighted by molar-refractivity contribution is 5.78. The first-order chi connectivity index (χ1) is 7.66. The van der Waals surface area contributed by atoms with E-state index < -0.39 is 5.97 Å². The predicted octanol–water partition coefficient (Wildman–Crippen LogP) is 3.13. The van der Waals surface area contributed by atoms with Crippen molar-refractivity contribution >= 4 is 5.97 Å². The fourth-order valence-corrected chi connectivity index (χ4v) is 1.79. The van der Waals surface area contributed by atoms with Crippen molar-refractivity contribution in [3.05, 3.63) is 12.7 Å². The summed E-state index contributed by atoms with van der Waals surface area (Å²) in [6, 6.07) is 0. The summed E-state index contributed by atoms with van der Waals surface area (Å²) in [5, 5.41) is 17.0. The summed E-state index contributed by atoms with van der Waals surface area (Å²) in [5.41, 5.74) is 0. The molecule has 0 bridgehead atoms. The van der Waals surface area contributed by atoms with E-state index in [1.54, 1.807) is 0 Å². The molecule has 1 fully saturated rings. The van der Waals surface area contributed by atoms with Gasteiger partial charge in [-0.15, -0.1) is 0 Å². The molecule has 0 aromatic rings. The van der Waals surface area contributed by atoms with Crippen molar-refractivity contribution in [2.75, 3.05) is 0 Å². The molecular formula is C13H24O3. The average molecular weight is 228 g/mol. The Morgan fingerprint density at radius 1 is 1.00 bits per heavy atom. The van der Waals surface area contributed by atoms with E-state index in [0.717, 1.165) is 18.9 Å². The lowest BCUT2D eigenvalue weighted by atomic mass is 9.99. The zero-order chi connectivity index (χ0) is 12.2. The van der Waals surface area contributed by atoms with E-state index in [9.17, 15) is 9.90 Å². The first-order valence-corrected chi connectivity index (χ1v) is 6.20. The molecule has 1 aliphatic carbocycles. The minimum Gasteiger partial charge on any atom is -0.478 e. The molecule has 1 rings (SSSR count). The maximum absolute atomic E-state index is 9.43. The molecule has 3 heteroatoms. The van der Waals surface area contributed by atoms with Gasteiger partial charge in [-0.2, -0.15) is 0 Å². The fraction of sp³-hybridized carbons (Fsp3) is 0.769. The molecule has 16 heavy (non-hydrogen) atoms. The molecule has 0 unspecified atom stereocenters. The number of aliphatic hydroxyl groups excluding tert-OH is 1. The smallest absolute Gasteiger partial charge is 0.327 e. The Morgan fingerprint density at radius 3 is 1.62 bits per heavy atom. The monoisotopic (exact) mass is 228 g/mol. The van der Waals surface area contributed by atoms with Gasteiger partial charge < -0.3 is 10.2 Å². The second kappa shape index (κ2) is 10.7. The molecule has 1 aliphatic rings. The first-order valence-electron chi connectivity index (χ1n) is 6.20. The van der Waals surface area contributed by atoms with Crippen LogP contribution in [0.2, 0.25) is 0 Å². The van der Waals surface area contributed by atoms with Gasteiger partial charge in [0.05, 0.1) is 6.10 Å². The normalized spacial score (nSPS) is 19.1. The third kappa shape index (κ3) is 11.2. The number of carboxylic acid groups (broad SMARTS) is 1. The van der Waals surface area contributed by atoms with Gasteiger partial charge in [0.25, 0.3) is 0 Å². The molecule has 3 nitrogen and oxygen atoms in total. The van der Waals surface area contributed by atoms with Crippen LogP contribution in [0.25, 0.3) is 0 Å². The maximum atomic E-state index is 9.43. The van der Waals surface area contributed by atoms with Crippen molar-refractivity contribution in [3.63, 3.8) is 0 Å². The minimum atomic E-state index is -0.981. The molecule has 0 atom stereocenters. The number of hydrogen-bond acceptors (Lipinski definition) is 2. The van der Waals surface area contributed by atoms with Crippen LogP contribution in [-0.2, 0) is 4.79 Å². The first kappa shape index (κ1) is 15.2. The second-order valence-electron chi connectivity index (χ2n) is 4.25. The fourth-order valence-electron chi connectivity index (χ4n) is 1.79. The van der Waals surface area contributed by atoms with Crippen molar-refractivity contribution in [1.29, 1.82) is 0 Å². The highest BCUT2D eigenvalue weighted by Gasteiger charge is 2.04. The molecule has 0 spiro atoms. The van der Waals surface area contributed by atoms with Gasteiger partial charge in [-0.25, -0.2) is 4.79 Å². The van der Waals surface area contributed by atoms with Crippen LogP contribution in [-0.4, -0.2) is 22.3 Å². The van der Waals surface area contributed by atoms with E-state index in [-0.39, 0.29) is 6.10 Å². The van der Waals surface area contributed by atoms with Crippen LogP contribution < -0.4 is 0 Å². The molecule has 1 saturated carbocycles. The Morgan fingerprint density at radius 2 is 1.31 bits per heavy atom. The van der Waals surface area contributed by atoms with Crippen LogP contribution in [0.4, 0.5) is 0 Å². The van der Waals surface area contributed by atoms with Crippen LogP contribution in [0.5, 0.6) is 0 Å². The zero-order valence-corrected chi connectivity index (χ0v) is 10.0. The molecule has 0 saturated heterocycles. The van der Waals surface area contributed by atoms with E-state index in [1.165, 1.54) is 44.9 Å². The molecule has 0 aromatic carbocycles. The van der Waals surface area contributed by atoms with Gasteiger partial charge in [-0.1, -0.05) is 51.5 Å². The van der Waals surface area contributed by atoms with Crippen LogP contribution in [0.15, 0.2) is 12.7 Å². The van der Waals surface area contributed by atoms with Crippen molar-refractivity contribution < 1.29 is 15.0 Å². The highest BCUT2D eigenvalue weighted by atomic mass is 16.4. The molecule has 0 amide bonds. The second-order valence-corrected chi connectivity index (χ2v) is 4.25. The van der Waals surface area contributed by atoms with E-state index in [1.807, 2.05) is 0 Å². The quantitative estimate of drug-likeness (QED) is 0.678. The van der Waals surface area contributed by atoms with Crippen LogP contribution in [0, 0.1) is 0 Å². The van der Waals surface area contributed by atoms with E-state index >= 15 is 0 Å². The van der Waals surface area contributed by atoms with Gasteiger partial charge in [0.2, 0.25) is 0 Å². The van der Waals surface area contributed by atoms with Gasteiger partial charge in [-0.05, 0) is 12.8 Å². The van der Waals surface area contributed by atoms with Crippen LogP contribution in [0.1, 0.15) is 57.8 Å². The lowest BCUT2D eigenvalue weighted by Gasteiger charge is -2.12. The number of aliphatic carboxylic acids is 1. The lowest BCUT2D eigenvalue weighted by Crippen LogP contribution is -2.06. The Bertz CT molecular complexity index is 180. The highest BCUT2D eigenvalue weighted by Crippen LogP contribution is 2.16. The lowest BCUT2D eigenvalue weighted by molar-refractivity contribution is -0.131. The summed E-state index contributed by atoms with van der Waals surface area (Å²) in [5.74, 6) is -0.981. The number of carbonyl (C=O) groups is 1. The Labute approximate surface area is 98.2 Å². The van der Waals surface area contributed by atoms with E-state index in [2.05, 4.69) is 6.58 Å². The van der Waals surface area contributed by atoms with Crippen molar-refractivity contribution in [3.8, 4) is 0 Å². The summed E-state index contributed by atoms with van der Waals surface area (Å²) in [6.45, 7) is 2.96. The van der Waals surface area contributed by atoms with Gasteiger partial charge in [0.15, 0.2) is 0 Å². The zero-order valence-electron chi connectivity index (χ0n) is 10.0.